The quantitative estimate of drug-likeness (QED) is 0.607. The first kappa shape index (κ1) is 15.7. The summed E-state index contributed by atoms with van der Waals surface area (Å²) >= 11 is 0. The van der Waals surface area contributed by atoms with Crippen LogP contribution in [-0.2, 0) is 13.2 Å². The van der Waals surface area contributed by atoms with Crippen molar-refractivity contribution in [2.45, 2.75) is 13.2 Å². The van der Waals surface area contributed by atoms with Crippen molar-refractivity contribution >= 4 is 0 Å². The van der Waals surface area contributed by atoms with Crippen LogP contribution in [0.25, 0.3) is 0 Å². The van der Waals surface area contributed by atoms with Gasteiger partial charge in [-0.2, -0.15) is 0 Å². The van der Waals surface area contributed by atoms with Crippen LogP contribution in [-0.4, -0.2) is 0 Å². The summed E-state index contributed by atoms with van der Waals surface area (Å²) in [6, 6.07) is 25.6. The molecule has 0 fully saturated rings. The largest absolute Gasteiger partial charge is 0.489 e. The Hall–Kier alpha value is -3.18. The van der Waals surface area contributed by atoms with Crippen LogP contribution in [0.3, 0.4) is 0 Å². The third-order valence-corrected chi connectivity index (χ3v) is 3.54. The molecule has 2 heteroatoms. The monoisotopic (exact) mass is 314 g/mol. The van der Waals surface area contributed by atoms with E-state index in [4.69, 9.17) is 15.9 Å². The lowest BCUT2D eigenvalue weighted by atomic mass is 10.2. The lowest BCUT2D eigenvalue weighted by molar-refractivity contribution is 0.290. The topological polar surface area (TPSA) is 18.5 Å². The van der Waals surface area contributed by atoms with Crippen LogP contribution in [0.1, 0.15) is 16.7 Å². The van der Waals surface area contributed by atoms with Crippen molar-refractivity contribution in [3.63, 3.8) is 0 Å². The highest BCUT2D eigenvalue weighted by Gasteiger charge is 2.03. The van der Waals surface area contributed by atoms with Gasteiger partial charge in [0, 0.05) is 11.6 Å². The van der Waals surface area contributed by atoms with Crippen molar-refractivity contribution in [1.29, 1.82) is 0 Å². The minimum atomic E-state index is 0.493. The maximum Gasteiger partial charge on any atom is 0.124 e. The molecule has 0 aliphatic rings. The van der Waals surface area contributed by atoms with Crippen molar-refractivity contribution in [3.8, 4) is 23.8 Å². The van der Waals surface area contributed by atoms with E-state index in [-0.39, 0.29) is 0 Å². The molecule has 0 aliphatic carbocycles. The minimum Gasteiger partial charge on any atom is -0.489 e. The molecule has 0 atom stereocenters. The van der Waals surface area contributed by atoms with Gasteiger partial charge in [0.25, 0.3) is 0 Å². The Morgan fingerprint density at radius 3 is 1.54 bits per heavy atom. The Morgan fingerprint density at radius 1 is 0.667 bits per heavy atom. The van der Waals surface area contributed by atoms with Gasteiger partial charge in [-0.05, 0) is 23.3 Å². The predicted molar refractivity (Wildman–Crippen MR) is 95.9 cm³/mol. The Morgan fingerprint density at radius 2 is 1.12 bits per heavy atom. The summed E-state index contributed by atoms with van der Waals surface area (Å²) in [5.74, 6) is 4.06. The highest BCUT2D eigenvalue weighted by molar-refractivity contribution is 5.45. The van der Waals surface area contributed by atoms with Crippen molar-refractivity contribution in [2.24, 2.45) is 0 Å². The molecule has 2 nitrogen and oxygen atoms in total. The molecule has 0 amide bonds. The Balaban J connectivity index is 1.69. The van der Waals surface area contributed by atoms with Crippen LogP contribution in [0.4, 0.5) is 0 Å². The minimum absolute atomic E-state index is 0.493. The van der Waals surface area contributed by atoms with Gasteiger partial charge in [-0.25, -0.2) is 0 Å². The number of hydrogen-bond donors (Lipinski definition) is 0. The van der Waals surface area contributed by atoms with Gasteiger partial charge < -0.3 is 9.47 Å². The molecule has 0 spiro atoms. The molecule has 0 heterocycles. The van der Waals surface area contributed by atoms with E-state index in [2.05, 4.69) is 5.92 Å². The molecule has 0 aliphatic heterocycles. The molecule has 0 aromatic heterocycles. The van der Waals surface area contributed by atoms with Gasteiger partial charge in [0.2, 0.25) is 0 Å². The summed E-state index contributed by atoms with van der Waals surface area (Å²) in [7, 11) is 0. The van der Waals surface area contributed by atoms with E-state index in [1.807, 2.05) is 78.9 Å². The third kappa shape index (κ3) is 4.41. The zero-order chi connectivity index (χ0) is 16.6. The van der Waals surface area contributed by atoms with Crippen LogP contribution in [0.2, 0.25) is 0 Å². The van der Waals surface area contributed by atoms with E-state index in [9.17, 15) is 0 Å². The van der Waals surface area contributed by atoms with E-state index in [1.165, 1.54) is 0 Å². The van der Waals surface area contributed by atoms with Crippen LogP contribution < -0.4 is 9.47 Å². The lowest BCUT2D eigenvalue weighted by Crippen LogP contribution is -1.98. The van der Waals surface area contributed by atoms with Crippen molar-refractivity contribution in [3.05, 3.63) is 95.6 Å². The van der Waals surface area contributed by atoms with Gasteiger partial charge in [0.05, 0.1) is 0 Å². The fourth-order valence-electron chi connectivity index (χ4n) is 2.30. The molecule has 0 unspecified atom stereocenters. The number of hydrogen-bond acceptors (Lipinski definition) is 2. The first-order chi connectivity index (χ1) is 11.8. The normalized spacial score (nSPS) is 9.96. The SMILES string of the molecule is C#Cc1cc(OCc2ccccc2)cc(OCc2ccccc2)c1. The van der Waals surface area contributed by atoms with Crippen molar-refractivity contribution in [2.75, 3.05) is 0 Å². The molecule has 3 rings (SSSR count). The van der Waals surface area contributed by atoms with Crippen LogP contribution in [0.15, 0.2) is 78.9 Å². The highest BCUT2D eigenvalue weighted by atomic mass is 16.5. The lowest BCUT2D eigenvalue weighted by Gasteiger charge is -2.11. The molecular formula is C22H18O2. The van der Waals surface area contributed by atoms with Crippen molar-refractivity contribution < 1.29 is 9.47 Å². The van der Waals surface area contributed by atoms with Crippen LogP contribution >= 0.6 is 0 Å². The number of rotatable bonds is 6. The van der Waals surface area contributed by atoms with E-state index in [0.717, 1.165) is 16.7 Å². The molecule has 0 saturated carbocycles. The Bertz CT molecular complexity index is 756. The highest BCUT2D eigenvalue weighted by Crippen LogP contribution is 2.24. The van der Waals surface area contributed by atoms with E-state index in [1.54, 1.807) is 0 Å². The smallest absolute Gasteiger partial charge is 0.124 e. The zero-order valence-corrected chi connectivity index (χ0v) is 13.3. The number of benzene rings is 3. The third-order valence-electron chi connectivity index (χ3n) is 3.54. The second-order valence-corrected chi connectivity index (χ2v) is 5.39. The van der Waals surface area contributed by atoms with E-state index < -0.39 is 0 Å². The average molecular weight is 314 g/mol. The molecule has 0 N–H and O–H groups in total. The average Bonchev–Trinajstić information content (AvgIpc) is 2.66. The zero-order valence-electron chi connectivity index (χ0n) is 13.3. The van der Waals surface area contributed by atoms with Gasteiger partial charge in [0.15, 0.2) is 0 Å². The standard InChI is InChI=1S/C22H18O2/c1-2-18-13-21(23-16-19-9-5-3-6-10-19)15-22(14-18)24-17-20-11-7-4-8-12-20/h1,3-15H,16-17H2. The molecule has 3 aromatic carbocycles. The first-order valence-corrected chi connectivity index (χ1v) is 7.78. The number of terminal acetylenes is 1. The van der Waals surface area contributed by atoms with Gasteiger partial charge in [-0.15, -0.1) is 6.42 Å². The summed E-state index contributed by atoms with van der Waals surface area (Å²) in [4.78, 5) is 0. The fourth-order valence-corrected chi connectivity index (χ4v) is 2.30. The molecule has 118 valence electrons. The maximum atomic E-state index is 5.85. The Kier molecular flexibility index (Phi) is 5.17. The molecular weight excluding hydrogens is 296 g/mol. The molecule has 24 heavy (non-hydrogen) atoms. The van der Waals surface area contributed by atoms with Crippen LogP contribution in [0, 0.1) is 12.3 Å². The fraction of sp³-hybridized carbons (Fsp3) is 0.0909. The number of ether oxygens (including phenoxy) is 2. The Labute approximate surface area is 142 Å². The molecule has 0 bridgehead atoms. The first-order valence-electron chi connectivity index (χ1n) is 7.78. The summed E-state index contributed by atoms with van der Waals surface area (Å²) in [6.45, 7) is 0.986. The van der Waals surface area contributed by atoms with Gasteiger partial charge in [0.1, 0.15) is 24.7 Å². The predicted octanol–water partition coefficient (Wildman–Crippen LogP) is 4.83. The molecule has 0 saturated heterocycles. The molecule has 0 radical (unpaired) electrons. The van der Waals surface area contributed by atoms with Crippen LogP contribution in [0.5, 0.6) is 11.5 Å². The summed E-state index contributed by atoms with van der Waals surface area (Å²) in [5.41, 5.74) is 2.95. The van der Waals surface area contributed by atoms with Gasteiger partial charge >= 0.3 is 0 Å². The van der Waals surface area contributed by atoms with Gasteiger partial charge in [-0.3, -0.25) is 0 Å². The van der Waals surface area contributed by atoms with Gasteiger partial charge in [-0.1, -0.05) is 66.6 Å². The second kappa shape index (κ2) is 7.89. The summed E-state index contributed by atoms with van der Waals surface area (Å²) in [5, 5.41) is 0. The maximum absolute atomic E-state index is 5.85. The van der Waals surface area contributed by atoms with Crippen molar-refractivity contribution in [1.82, 2.24) is 0 Å². The second-order valence-electron chi connectivity index (χ2n) is 5.39. The molecule has 3 aromatic rings. The summed E-state index contributed by atoms with van der Waals surface area (Å²) in [6.07, 6.45) is 5.54. The van der Waals surface area contributed by atoms with E-state index >= 15 is 0 Å². The van der Waals surface area contributed by atoms with E-state index in [0.29, 0.717) is 24.7 Å². The summed E-state index contributed by atoms with van der Waals surface area (Å²) < 4.78 is 11.7.